The molecule has 4 rings (SSSR count). The number of fused-ring (bicyclic) bond motifs is 1. The highest BCUT2D eigenvalue weighted by Gasteiger charge is 2.27. The minimum absolute atomic E-state index is 0.0932. The number of carbonyl (C=O) groups excluding carboxylic acids is 1. The number of morpholine rings is 1. The Bertz CT molecular complexity index is 1280. The Morgan fingerprint density at radius 2 is 1.89 bits per heavy atom. The maximum Gasteiger partial charge on any atom is 0.244 e. The number of rotatable bonds is 9. The molecule has 10 heteroatoms. The molecule has 0 radical (unpaired) electrons. The quantitative estimate of drug-likeness (QED) is 0.430. The van der Waals surface area contributed by atoms with Crippen molar-refractivity contribution >= 4 is 42.4 Å². The van der Waals surface area contributed by atoms with Gasteiger partial charge in [0.05, 0.1) is 35.4 Å². The van der Waals surface area contributed by atoms with Crippen molar-refractivity contribution in [1.82, 2.24) is 9.88 Å². The van der Waals surface area contributed by atoms with Gasteiger partial charge in [0.1, 0.15) is 11.5 Å². The standard InChI is InChI=1S/C25H31N3O5S2/c1-18-15-19(2)24-22(16-18)26-25(34-24)28(10-4-9-27-11-13-33-14-12-27)23(29)17-35(30,31)21-7-5-20(32-3)6-8-21/h5-8,15-16H,4,9-14,17H2,1-3H3. The van der Waals surface area contributed by atoms with Crippen LogP contribution in [0.4, 0.5) is 5.13 Å². The van der Waals surface area contributed by atoms with E-state index >= 15 is 0 Å². The van der Waals surface area contributed by atoms with Gasteiger partial charge in [-0.05, 0) is 61.7 Å². The first-order valence-corrected chi connectivity index (χ1v) is 14.1. The van der Waals surface area contributed by atoms with Crippen molar-refractivity contribution in [2.75, 3.05) is 57.2 Å². The van der Waals surface area contributed by atoms with Gasteiger partial charge in [-0.2, -0.15) is 0 Å². The van der Waals surface area contributed by atoms with E-state index in [9.17, 15) is 13.2 Å². The number of nitrogens with zero attached hydrogens (tertiary/aromatic N) is 3. The monoisotopic (exact) mass is 517 g/mol. The highest BCUT2D eigenvalue weighted by Crippen LogP contribution is 2.32. The molecular formula is C25H31N3O5S2. The zero-order valence-electron chi connectivity index (χ0n) is 20.3. The first-order chi connectivity index (χ1) is 16.8. The number of hydrogen-bond donors (Lipinski definition) is 0. The zero-order valence-corrected chi connectivity index (χ0v) is 22.0. The molecule has 35 heavy (non-hydrogen) atoms. The van der Waals surface area contributed by atoms with Crippen LogP contribution >= 0.6 is 11.3 Å². The SMILES string of the molecule is COc1ccc(S(=O)(=O)CC(=O)N(CCCN2CCOCC2)c2nc3cc(C)cc(C)c3s2)cc1. The van der Waals surface area contributed by atoms with Crippen LogP contribution in [0, 0.1) is 13.8 Å². The lowest BCUT2D eigenvalue weighted by Crippen LogP contribution is -2.40. The Morgan fingerprint density at radius 3 is 2.57 bits per heavy atom. The largest absolute Gasteiger partial charge is 0.497 e. The molecule has 1 aromatic heterocycles. The van der Waals surface area contributed by atoms with E-state index in [0.29, 0.717) is 37.1 Å². The third-order valence-electron chi connectivity index (χ3n) is 6.03. The second-order valence-corrected chi connectivity index (χ2v) is 11.7. The molecule has 2 heterocycles. The van der Waals surface area contributed by atoms with Crippen molar-refractivity contribution in [3.05, 3.63) is 47.5 Å². The van der Waals surface area contributed by atoms with Crippen LogP contribution in [-0.2, 0) is 19.4 Å². The van der Waals surface area contributed by atoms with Gasteiger partial charge in [0.2, 0.25) is 5.91 Å². The molecule has 0 spiro atoms. The van der Waals surface area contributed by atoms with E-state index in [2.05, 4.69) is 11.0 Å². The number of anilines is 1. The van der Waals surface area contributed by atoms with E-state index in [0.717, 1.165) is 41.0 Å². The van der Waals surface area contributed by atoms with Gasteiger partial charge in [0.15, 0.2) is 15.0 Å². The van der Waals surface area contributed by atoms with Crippen molar-refractivity contribution in [1.29, 1.82) is 0 Å². The number of methoxy groups -OCH3 is 1. The van der Waals surface area contributed by atoms with Crippen LogP contribution in [0.3, 0.4) is 0 Å². The number of thiazole rings is 1. The number of aryl methyl sites for hydroxylation is 2. The lowest BCUT2D eigenvalue weighted by atomic mass is 10.1. The molecule has 8 nitrogen and oxygen atoms in total. The number of carbonyl (C=O) groups is 1. The predicted molar refractivity (Wildman–Crippen MR) is 138 cm³/mol. The molecule has 1 aliphatic rings. The van der Waals surface area contributed by atoms with E-state index in [4.69, 9.17) is 14.5 Å². The van der Waals surface area contributed by atoms with Crippen LogP contribution < -0.4 is 9.64 Å². The highest BCUT2D eigenvalue weighted by atomic mass is 32.2. The molecule has 2 aromatic carbocycles. The third-order valence-corrected chi connectivity index (χ3v) is 8.88. The van der Waals surface area contributed by atoms with Crippen LogP contribution in [0.15, 0.2) is 41.3 Å². The van der Waals surface area contributed by atoms with Crippen LogP contribution in [0.1, 0.15) is 17.5 Å². The molecule has 0 unspecified atom stereocenters. The van der Waals surface area contributed by atoms with Gasteiger partial charge < -0.3 is 9.47 Å². The molecule has 3 aromatic rings. The molecule has 0 aliphatic carbocycles. The van der Waals surface area contributed by atoms with Gasteiger partial charge in [-0.3, -0.25) is 14.6 Å². The van der Waals surface area contributed by atoms with Crippen LogP contribution in [-0.4, -0.2) is 76.5 Å². The fourth-order valence-corrected chi connectivity index (χ4v) is 6.45. The predicted octanol–water partition coefficient (Wildman–Crippen LogP) is 3.45. The van der Waals surface area contributed by atoms with Crippen molar-refractivity contribution in [2.24, 2.45) is 0 Å². The van der Waals surface area contributed by atoms with E-state index in [-0.39, 0.29) is 4.90 Å². The molecule has 188 valence electrons. The number of aromatic nitrogens is 1. The molecule has 0 atom stereocenters. The highest BCUT2D eigenvalue weighted by molar-refractivity contribution is 7.92. The van der Waals surface area contributed by atoms with Gasteiger partial charge >= 0.3 is 0 Å². The molecule has 0 bridgehead atoms. The summed E-state index contributed by atoms with van der Waals surface area (Å²) in [5.74, 6) is -0.540. The van der Waals surface area contributed by atoms with E-state index < -0.39 is 21.5 Å². The molecule has 1 fully saturated rings. The summed E-state index contributed by atoms with van der Waals surface area (Å²) in [5.41, 5.74) is 3.01. The number of hydrogen-bond acceptors (Lipinski definition) is 8. The maximum atomic E-state index is 13.4. The minimum atomic E-state index is -3.82. The topological polar surface area (TPSA) is 89.0 Å². The number of ether oxygens (including phenoxy) is 2. The minimum Gasteiger partial charge on any atom is -0.497 e. The smallest absolute Gasteiger partial charge is 0.244 e. The van der Waals surface area contributed by atoms with Gasteiger partial charge in [-0.1, -0.05) is 17.4 Å². The van der Waals surface area contributed by atoms with Gasteiger partial charge in [0.25, 0.3) is 0 Å². The first-order valence-electron chi connectivity index (χ1n) is 11.6. The number of amides is 1. The van der Waals surface area contributed by atoms with Gasteiger partial charge in [-0.25, -0.2) is 13.4 Å². The van der Waals surface area contributed by atoms with E-state index in [1.807, 2.05) is 19.9 Å². The second kappa shape index (κ2) is 11.0. The van der Waals surface area contributed by atoms with Crippen LogP contribution in [0.2, 0.25) is 0 Å². The Labute approximate surface area is 210 Å². The summed E-state index contributed by atoms with van der Waals surface area (Å²) in [6.07, 6.45) is 0.711. The third kappa shape index (κ3) is 6.19. The molecule has 1 saturated heterocycles. The zero-order chi connectivity index (χ0) is 25.0. The van der Waals surface area contributed by atoms with Crippen molar-refractivity contribution in [3.8, 4) is 5.75 Å². The Hall–Kier alpha value is -2.53. The molecule has 1 aliphatic heterocycles. The van der Waals surface area contributed by atoms with Crippen LogP contribution in [0.25, 0.3) is 10.2 Å². The fraction of sp³-hybridized carbons (Fsp3) is 0.440. The Kier molecular flexibility index (Phi) is 8.05. The summed E-state index contributed by atoms with van der Waals surface area (Å²) < 4.78 is 37.6. The van der Waals surface area contributed by atoms with Gasteiger partial charge in [0, 0.05) is 26.2 Å². The van der Waals surface area contributed by atoms with E-state index in [1.54, 1.807) is 17.0 Å². The summed E-state index contributed by atoms with van der Waals surface area (Å²) in [7, 11) is -2.31. The van der Waals surface area contributed by atoms with Crippen molar-refractivity contribution in [3.63, 3.8) is 0 Å². The molecule has 1 amide bonds. The maximum absolute atomic E-state index is 13.4. The average molecular weight is 518 g/mol. The number of sulfone groups is 1. The van der Waals surface area contributed by atoms with Crippen LogP contribution in [0.5, 0.6) is 5.75 Å². The van der Waals surface area contributed by atoms with Gasteiger partial charge in [-0.15, -0.1) is 0 Å². The van der Waals surface area contributed by atoms with E-state index in [1.165, 1.54) is 30.6 Å². The lowest BCUT2D eigenvalue weighted by molar-refractivity contribution is -0.116. The molecule has 0 N–H and O–H groups in total. The number of benzene rings is 2. The molecule has 0 saturated carbocycles. The van der Waals surface area contributed by atoms with Crippen molar-refractivity contribution < 1.29 is 22.7 Å². The lowest BCUT2D eigenvalue weighted by Gasteiger charge is -2.27. The summed E-state index contributed by atoms with van der Waals surface area (Å²) in [5, 5.41) is 0.533. The summed E-state index contributed by atoms with van der Waals surface area (Å²) in [6, 6.07) is 10.2. The fourth-order valence-electron chi connectivity index (χ4n) is 4.19. The Morgan fingerprint density at radius 1 is 1.17 bits per heavy atom. The average Bonchev–Trinajstić information content (AvgIpc) is 3.26. The molecular weight excluding hydrogens is 486 g/mol. The summed E-state index contributed by atoms with van der Waals surface area (Å²) in [6.45, 7) is 8.37. The summed E-state index contributed by atoms with van der Waals surface area (Å²) >= 11 is 1.43. The Balaban J connectivity index is 1.57. The second-order valence-electron chi connectivity index (χ2n) is 8.71. The normalized spacial score (nSPS) is 14.8. The van der Waals surface area contributed by atoms with Crippen molar-refractivity contribution in [2.45, 2.75) is 25.2 Å². The summed E-state index contributed by atoms with van der Waals surface area (Å²) in [4.78, 5) is 22.1. The first kappa shape index (κ1) is 25.6.